The molecule has 0 radical (unpaired) electrons. The Morgan fingerprint density at radius 3 is 2.50 bits per heavy atom. The molecular weight excluding hydrogens is 198 g/mol. The van der Waals surface area contributed by atoms with Gasteiger partial charge in [0, 0.05) is 23.6 Å². The minimum atomic E-state index is 0.0504. The van der Waals surface area contributed by atoms with E-state index in [1.54, 1.807) is 0 Å². The summed E-state index contributed by atoms with van der Waals surface area (Å²) in [6.07, 6.45) is 0. The van der Waals surface area contributed by atoms with Crippen LogP contribution in [-0.4, -0.2) is 23.4 Å². The van der Waals surface area contributed by atoms with Gasteiger partial charge in [-0.15, -0.1) is 0 Å². The van der Waals surface area contributed by atoms with Crippen LogP contribution >= 0.6 is 0 Å². The van der Waals surface area contributed by atoms with Gasteiger partial charge in [0.1, 0.15) is 0 Å². The summed E-state index contributed by atoms with van der Waals surface area (Å²) in [5, 5.41) is 0. The Balaban J connectivity index is 2.54. The van der Waals surface area contributed by atoms with Gasteiger partial charge in [0.05, 0.1) is 0 Å². The van der Waals surface area contributed by atoms with Crippen molar-refractivity contribution in [2.75, 3.05) is 6.54 Å². The lowest BCUT2D eigenvalue weighted by molar-refractivity contribution is 0.0627. The van der Waals surface area contributed by atoms with Crippen molar-refractivity contribution in [3.63, 3.8) is 0 Å². The lowest BCUT2D eigenvalue weighted by Gasteiger charge is -2.41. The zero-order valence-corrected chi connectivity index (χ0v) is 10.4. The van der Waals surface area contributed by atoms with E-state index in [1.807, 2.05) is 23.1 Å². The van der Waals surface area contributed by atoms with Crippen LogP contribution in [0.3, 0.4) is 0 Å². The molecule has 16 heavy (non-hydrogen) atoms. The fourth-order valence-electron chi connectivity index (χ4n) is 2.41. The Kier molecular flexibility index (Phi) is 2.53. The molecule has 1 aliphatic rings. The molecule has 2 heteroatoms. The molecule has 1 amide bonds. The van der Waals surface area contributed by atoms with Gasteiger partial charge in [0.2, 0.25) is 0 Å². The number of amides is 1. The summed E-state index contributed by atoms with van der Waals surface area (Å²) in [5.74, 6) is 0.171. The minimum absolute atomic E-state index is 0.0504. The number of hydrogen-bond donors (Lipinski definition) is 0. The third kappa shape index (κ3) is 1.62. The zero-order valence-electron chi connectivity index (χ0n) is 10.4. The number of nitrogens with zero attached hydrogens (tertiary/aromatic N) is 1. The molecule has 0 aliphatic carbocycles. The number of fused-ring (bicyclic) bond motifs is 1. The smallest absolute Gasteiger partial charge is 0.254 e. The minimum Gasteiger partial charge on any atom is -0.335 e. The predicted octanol–water partition coefficient (Wildman–Crippen LogP) is 2.83. The van der Waals surface area contributed by atoms with Crippen molar-refractivity contribution in [2.24, 2.45) is 0 Å². The number of carbonyl (C=O) groups is 1. The van der Waals surface area contributed by atoms with E-state index in [0.29, 0.717) is 0 Å². The highest BCUT2D eigenvalue weighted by Crippen LogP contribution is 2.33. The van der Waals surface area contributed by atoms with Gasteiger partial charge in [0.25, 0.3) is 5.91 Å². The van der Waals surface area contributed by atoms with E-state index in [9.17, 15) is 4.79 Å². The molecule has 0 N–H and O–H groups in total. The first-order valence-corrected chi connectivity index (χ1v) is 5.84. The van der Waals surface area contributed by atoms with Crippen molar-refractivity contribution in [3.8, 4) is 0 Å². The third-order valence-corrected chi connectivity index (χ3v) is 3.34. The normalized spacial score (nSPS) is 18.8. The van der Waals surface area contributed by atoms with Crippen LogP contribution in [0, 0.1) is 0 Å². The van der Waals surface area contributed by atoms with Gasteiger partial charge < -0.3 is 4.90 Å². The van der Waals surface area contributed by atoms with Gasteiger partial charge in [-0.3, -0.25) is 4.79 Å². The Morgan fingerprint density at radius 2 is 1.88 bits per heavy atom. The van der Waals surface area contributed by atoms with Gasteiger partial charge in [-0.2, -0.15) is 0 Å². The molecule has 1 aliphatic heterocycles. The molecule has 1 aromatic carbocycles. The highest BCUT2D eigenvalue weighted by atomic mass is 16.2. The molecule has 0 atom stereocenters. The summed E-state index contributed by atoms with van der Waals surface area (Å²) in [6, 6.07) is 8.23. The highest BCUT2D eigenvalue weighted by molar-refractivity contribution is 5.97. The van der Waals surface area contributed by atoms with Crippen LogP contribution in [0.25, 0.3) is 0 Å². The molecule has 0 aromatic heterocycles. The second-order valence-corrected chi connectivity index (χ2v) is 5.46. The zero-order chi connectivity index (χ0) is 11.9. The number of hydrogen-bond acceptors (Lipinski definition) is 1. The Morgan fingerprint density at radius 1 is 1.25 bits per heavy atom. The molecule has 0 saturated carbocycles. The summed E-state index contributed by atoms with van der Waals surface area (Å²) in [7, 11) is 0. The molecular formula is C14H19NO. The van der Waals surface area contributed by atoms with E-state index < -0.39 is 0 Å². The predicted molar refractivity (Wildman–Crippen MR) is 65.6 cm³/mol. The standard InChI is InChI=1S/C14H19NO/c1-10(2)15-9-14(3,4)12-8-6-5-7-11(12)13(15)16/h5-8,10H,9H2,1-4H3. The molecule has 2 nitrogen and oxygen atoms in total. The number of carbonyl (C=O) groups excluding carboxylic acids is 1. The topological polar surface area (TPSA) is 20.3 Å². The number of rotatable bonds is 1. The highest BCUT2D eigenvalue weighted by Gasteiger charge is 2.36. The molecule has 0 fully saturated rings. The maximum Gasteiger partial charge on any atom is 0.254 e. The molecule has 0 bridgehead atoms. The van der Waals surface area contributed by atoms with Gasteiger partial charge in [0.15, 0.2) is 0 Å². The van der Waals surface area contributed by atoms with Crippen LogP contribution in [0.15, 0.2) is 24.3 Å². The quantitative estimate of drug-likeness (QED) is 0.708. The third-order valence-electron chi connectivity index (χ3n) is 3.34. The summed E-state index contributed by atoms with van der Waals surface area (Å²) < 4.78 is 0. The average molecular weight is 217 g/mol. The van der Waals surface area contributed by atoms with E-state index in [0.717, 1.165) is 12.1 Å². The molecule has 86 valence electrons. The molecule has 1 aromatic rings. The Bertz CT molecular complexity index is 420. The summed E-state index contributed by atoms with van der Waals surface area (Å²) in [5.41, 5.74) is 2.10. The van der Waals surface area contributed by atoms with Crippen molar-refractivity contribution in [2.45, 2.75) is 39.2 Å². The second-order valence-electron chi connectivity index (χ2n) is 5.46. The number of benzene rings is 1. The van der Waals surface area contributed by atoms with Crippen LogP contribution in [0.4, 0.5) is 0 Å². The Labute approximate surface area is 97.3 Å². The van der Waals surface area contributed by atoms with E-state index in [4.69, 9.17) is 0 Å². The summed E-state index contributed by atoms with van der Waals surface area (Å²) in [4.78, 5) is 14.2. The molecule has 0 spiro atoms. The maximum absolute atomic E-state index is 12.3. The molecule has 1 heterocycles. The first-order valence-electron chi connectivity index (χ1n) is 5.84. The van der Waals surface area contributed by atoms with E-state index in [2.05, 4.69) is 33.8 Å². The first kappa shape index (κ1) is 11.2. The van der Waals surface area contributed by atoms with E-state index in [-0.39, 0.29) is 17.4 Å². The largest absolute Gasteiger partial charge is 0.335 e. The fourth-order valence-corrected chi connectivity index (χ4v) is 2.41. The van der Waals surface area contributed by atoms with Gasteiger partial charge in [-0.1, -0.05) is 32.0 Å². The van der Waals surface area contributed by atoms with E-state index in [1.165, 1.54) is 5.56 Å². The van der Waals surface area contributed by atoms with Gasteiger partial charge >= 0.3 is 0 Å². The van der Waals surface area contributed by atoms with Crippen LogP contribution in [-0.2, 0) is 5.41 Å². The van der Waals surface area contributed by atoms with Crippen molar-refractivity contribution < 1.29 is 4.79 Å². The second kappa shape index (κ2) is 3.62. The summed E-state index contributed by atoms with van der Waals surface area (Å²) >= 11 is 0. The monoisotopic (exact) mass is 217 g/mol. The molecule has 2 rings (SSSR count). The van der Waals surface area contributed by atoms with Crippen molar-refractivity contribution in [1.29, 1.82) is 0 Å². The fraction of sp³-hybridized carbons (Fsp3) is 0.500. The summed E-state index contributed by atoms with van der Waals surface area (Å²) in [6.45, 7) is 9.35. The van der Waals surface area contributed by atoms with Crippen molar-refractivity contribution in [3.05, 3.63) is 35.4 Å². The first-order chi connectivity index (χ1) is 7.43. The SMILES string of the molecule is CC(C)N1CC(C)(C)c2ccccc2C1=O. The van der Waals surface area contributed by atoms with Crippen LogP contribution in [0.2, 0.25) is 0 Å². The lowest BCUT2D eigenvalue weighted by Crippen LogP contribution is -2.49. The van der Waals surface area contributed by atoms with Crippen molar-refractivity contribution in [1.82, 2.24) is 4.90 Å². The molecule has 0 unspecified atom stereocenters. The van der Waals surface area contributed by atoms with Crippen LogP contribution in [0.1, 0.15) is 43.6 Å². The average Bonchev–Trinajstić information content (AvgIpc) is 2.23. The Hall–Kier alpha value is -1.31. The van der Waals surface area contributed by atoms with E-state index >= 15 is 0 Å². The lowest BCUT2D eigenvalue weighted by atomic mass is 9.78. The van der Waals surface area contributed by atoms with Gasteiger partial charge in [-0.25, -0.2) is 0 Å². The van der Waals surface area contributed by atoms with Crippen LogP contribution < -0.4 is 0 Å². The van der Waals surface area contributed by atoms with Gasteiger partial charge in [-0.05, 0) is 25.5 Å². The maximum atomic E-state index is 12.3. The molecule has 0 saturated heterocycles. The van der Waals surface area contributed by atoms with Crippen molar-refractivity contribution >= 4 is 5.91 Å². The van der Waals surface area contributed by atoms with Crippen LogP contribution in [0.5, 0.6) is 0 Å².